The highest BCUT2D eigenvalue weighted by molar-refractivity contribution is 7.99. The second kappa shape index (κ2) is 4.52. The summed E-state index contributed by atoms with van der Waals surface area (Å²) in [4.78, 5) is 0. The van der Waals surface area contributed by atoms with Crippen LogP contribution in [-0.4, -0.2) is 35.2 Å². The van der Waals surface area contributed by atoms with Gasteiger partial charge in [-0.1, -0.05) is 11.9 Å². The zero-order chi connectivity index (χ0) is 7.40. The quantitative estimate of drug-likeness (QED) is 0.595. The summed E-state index contributed by atoms with van der Waals surface area (Å²) in [6, 6.07) is 0. The predicted molar refractivity (Wildman–Crippen MR) is 51.6 cm³/mol. The molecule has 0 aliphatic carbocycles. The third kappa shape index (κ3) is 2.36. The van der Waals surface area contributed by atoms with Crippen molar-refractivity contribution in [3.8, 4) is 0 Å². The minimum absolute atomic E-state index is 0.890. The Hall–Kier alpha value is 0.660. The van der Waals surface area contributed by atoms with Gasteiger partial charge in [0.15, 0.2) is 0 Å². The Morgan fingerprint density at radius 3 is 2.80 bits per heavy atom. The second-order valence-electron chi connectivity index (χ2n) is 2.57. The molecule has 1 unspecified atom stereocenters. The molecule has 60 valence electrons. The summed E-state index contributed by atoms with van der Waals surface area (Å²) in [5.74, 6) is 0. The average Bonchev–Trinajstić information content (AvgIpc) is 2.05. The van der Waals surface area contributed by atoms with Crippen molar-refractivity contribution in [2.75, 3.05) is 25.6 Å². The van der Waals surface area contributed by atoms with Crippen LogP contribution in [0.25, 0.3) is 0 Å². The highest BCUT2D eigenvalue weighted by Crippen LogP contribution is 2.23. The molecule has 0 aromatic carbocycles. The zero-order valence-corrected chi connectivity index (χ0v) is 8.30. The van der Waals surface area contributed by atoms with E-state index in [4.69, 9.17) is 0 Å². The minimum atomic E-state index is 0.890. The van der Waals surface area contributed by atoms with Gasteiger partial charge in [0.2, 0.25) is 0 Å². The number of thioether (sulfide) groups is 1. The lowest BCUT2D eigenvalue weighted by Gasteiger charge is -2.29. The Morgan fingerprint density at radius 1 is 1.40 bits per heavy atom. The highest BCUT2D eigenvalue weighted by Gasteiger charge is 2.17. The van der Waals surface area contributed by atoms with Gasteiger partial charge in [-0.25, -0.2) is 4.31 Å². The molecule has 1 heterocycles. The van der Waals surface area contributed by atoms with Crippen LogP contribution in [0, 0.1) is 0 Å². The van der Waals surface area contributed by atoms with Crippen LogP contribution in [0.15, 0.2) is 0 Å². The lowest BCUT2D eigenvalue weighted by molar-refractivity contribution is 0.390. The molecule has 0 N–H and O–H groups in total. The normalized spacial score (nSPS) is 28.8. The summed E-state index contributed by atoms with van der Waals surface area (Å²) in [7, 11) is 0. The van der Waals surface area contributed by atoms with Crippen LogP contribution in [0.2, 0.25) is 0 Å². The number of hydrogen-bond donors (Lipinski definition) is 0. The van der Waals surface area contributed by atoms with E-state index in [1.165, 1.54) is 25.9 Å². The second-order valence-corrected chi connectivity index (χ2v) is 4.59. The molecule has 1 rings (SSSR count). The SMILES string of the molecule is CSC1CCCN(SC)C1. The van der Waals surface area contributed by atoms with Crippen molar-refractivity contribution in [2.45, 2.75) is 18.1 Å². The van der Waals surface area contributed by atoms with Gasteiger partial charge in [-0.2, -0.15) is 11.8 Å². The van der Waals surface area contributed by atoms with Gasteiger partial charge in [0.05, 0.1) is 0 Å². The van der Waals surface area contributed by atoms with Crippen LogP contribution in [0.4, 0.5) is 0 Å². The van der Waals surface area contributed by atoms with Gasteiger partial charge in [0, 0.05) is 18.3 Å². The number of nitrogens with zero attached hydrogens (tertiary/aromatic N) is 1. The molecule has 0 amide bonds. The first-order valence-electron chi connectivity index (χ1n) is 3.68. The third-order valence-electron chi connectivity index (χ3n) is 1.93. The van der Waals surface area contributed by atoms with Crippen molar-refractivity contribution >= 4 is 23.7 Å². The monoisotopic (exact) mass is 177 g/mol. The van der Waals surface area contributed by atoms with E-state index in [9.17, 15) is 0 Å². The number of rotatable bonds is 2. The molecule has 1 aliphatic heterocycles. The molecule has 0 radical (unpaired) electrons. The Bertz CT molecular complexity index is 87.6. The van der Waals surface area contributed by atoms with E-state index in [1.807, 2.05) is 23.7 Å². The molecule has 0 saturated carbocycles. The van der Waals surface area contributed by atoms with Crippen molar-refractivity contribution in [1.29, 1.82) is 0 Å². The van der Waals surface area contributed by atoms with E-state index >= 15 is 0 Å². The Morgan fingerprint density at radius 2 is 2.20 bits per heavy atom. The molecule has 0 spiro atoms. The fourth-order valence-electron chi connectivity index (χ4n) is 1.26. The van der Waals surface area contributed by atoms with Gasteiger partial charge in [-0.3, -0.25) is 0 Å². The molecule has 10 heavy (non-hydrogen) atoms. The van der Waals surface area contributed by atoms with Gasteiger partial charge in [0.1, 0.15) is 0 Å². The molecule has 3 heteroatoms. The van der Waals surface area contributed by atoms with E-state index in [-0.39, 0.29) is 0 Å². The minimum Gasteiger partial charge on any atom is -0.250 e. The van der Waals surface area contributed by atoms with Crippen LogP contribution >= 0.6 is 23.7 Å². The Kier molecular flexibility index (Phi) is 3.96. The third-order valence-corrected chi connectivity index (χ3v) is 3.83. The summed E-state index contributed by atoms with van der Waals surface area (Å²) in [6.45, 7) is 2.57. The maximum Gasteiger partial charge on any atom is 0.0208 e. The largest absolute Gasteiger partial charge is 0.250 e. The summed E-state index contributed by atoms with van der Waals surface area (Å²) in [5.41, 5.74) is 0. The van der Waals surface area contributed by atoms with Crippen molar-refractivity contribution in [3.63, 3.8) is 0 Å². The summed E-state index contributed by atoms with van der Waals surface area (Å²) >= 11 is 3.89. The maximum absolute atomic E-state index is 2.46. The summed E-state index contributed by atoms with van der Waals surface area (Å²) in [5, 5.41) is 0.890. The molecular formula is C7H15NS2. The van der Waals surface area contributed by atoms with Gasteiger partial charge >= 0.3 is 0 Å². The number of piperidine rings is 1. The van der Waals surface area contributed by atoms with Crippen molar-refractivity contribution in [3.05, 3.63) is 0 Å². The van der Waals surface area contributed by atoms with Crippen molar-refractivity contribution in [1.82, 2.24) is 4.31 Å². The topological polar surface area (TPSA) is 3.24 Å². The van der Waals surface area contributed by atoms with Crippen LogP contribution in [0.1, 0.15) is 12.8 Å². The first-order valence-corrected chi connectivity index (χ1v) is 6.15. The fraction of sp³-hybridized carbons (Fsp3) is 1.00. The van der Waals surface area contributed by atoms with Gasteiger partial charge < -0.3 is 0 Å². The molecule has 1 saturated heterocycles. The maximum atomic E-state index is 2.46. The van der Waals surface area contributed by atoms with Crippen LogP contribution in [0.3, 0.4) is 0 Å². The van der Waals surface area contributed by atoms with E-state index in [0.717, 1.165) is 5.25 Å². The summed E-state index contributed by atoms with van der Waals surface area (Å²) in [6.07, 6.45) is 7.18. The van der Waals surface area contributed by atoms with E-state index in [1.54, 1.807) is 0 Å². The molecule has 1 atom stereocenters. The molecule has 1 aliphatic rings. The van der Waals surface area contributed by atoms with Crippen LogP contribution in [0.5, 0.6) is 0 Å². The van der Waals surface area contributed by atoms with Gasteiger partial charge in [-0.05, 0) is 25.4 Å². The lowest BCUT2D eigenvalue weighted by Crippen LogP contribution is -2.31. The van der Waals surface area contributed by atoms with Crippen LogP contribution < -0.4 is 0 Å². The zero-order valence-electron chi connectivity index (χ0n) is 6.67. The molecule has 1 nitrogen and oxygen atoms in total. The first-order chi connectivity index (χ1) is 4.86. The predicted octanol–water partition coefficient (Wildman–Crippen LogP) is 2.09. The van der Waals surface area contributed by atoms with Gasteiger partial charge in [0.25, 0.3) is 0 Å². The Balaban J connectivity index is 2.25. The Labute approximate surface area is 72.1 Å². The molecular weight excluding hydrogens is 162 g/mol. The highest BCUT2D eigenvalue weighted by atomic mass is 32.2. The van der Waals surface area contributed by atoms with Crippen molar-refractivity contribution < 1.29 is 0 Å². The molecule has 1 fully saturated rings. The average molecular weight is 177 g/mol. The first kappa shape index (κ1) is 8.75. The van der Waals surface area contributed by atoms with Crippen molar-refractivity contribution in [2.24, 2.45) is 0 Å². The fourth-order valence-corrected chi connectivity index (χ4v) is 2.73. The van der Waals surface area contributed by atoms with Crippen LogP contribution in [-0.2, 0) is 0 Å². The molecule has 0 aromatic heterocycles. The van der Waals surface area contributed by atoms with Gasteiger partial charge in [-0.15, -0.1) is 0 Å². The summed E-state index contributed by atoms with van der Waals surface area (Å²) < 4.78 is 2.46. The molecule has 0 aromatic rings. The standard InChI is InChI=1S/C7H15NS2/c1-9-7-4-3-5-8(6-7)10-2/h7H,3-6H2,1-2H3. The number of hydrogen-bond acceptors (Lipinski definition) is 3. The lowest BCUT2D eigenvalue weighted by atomic mass is 10.2. The molecule has 0 bridgehead atoms. The van der Waals surface area contributed by atoms with E-state index in [2.05, 4.69) is 16.8 Å². The van der Waals surface area contributed by atoms with E-state index in [0.29, 0.717) is 0 Å². The van der Waals surface area contributed by atoms with E-state index < -0.39 is 0 Å². The smallest absolute Gasteiger partial charge is 0.0208 e.